The lowest BCUT2D eigenvalue weighted by atomic mass is 9.93. The molecule has 1 saturated heterocycles. The molecule has 1 fully saturated rings. The number of nitriles is 1. The van der Waals surface area contributed by atoms with Crippen LogP contribution < -0.4 is 0 Å². The summed E-state index contributed by atoms with van der Waals surface area (Å²) in [5, 5.41) is 28.0. The molecule has 1 aliphatic heterocycles. The second-order valence-corrected chi connectivity index (χ2v) is 13.5. The van der Waals surface area contributed by atoms with Gasteiger partial charge in [-0.2, -0.15) is 10.4 Å². The molecular formula is C34H33ClFN5O3S. The first kappa shape index (κ1) is 31.1. The molecule has 0 spiro atoms. The molecule has 0 radical (unpaired) electrons. The van der Waals surface area contributed by atoms with Crippen molar-refractivity contribution in [3.8, 4) is 17.2 Å². The van der Waals surface area contributed by atoms with Gasteiger partial charge in [0.15, 0.2) is 5.82 Å². The van der Waals surface area contributed by atoms with E-state index in [-0.39, 0.29) is 34.8 Å². The molecule has 1 aliphatic rings. The first-order valence-corrected chi connectivity index (χ1v) is 16.4. The Balaban J connectivity index is 1.50. The van der Waals surface area contributed by atoms with E-state index < -0.39 is 17.5 Å². The SMILES string of the molecule is CSc1nc2c(F)c(-c3cccc4cccc(C#N)c34)c(Cl)cc2c2c1cnn2[C@H]1CCN(C(=O)OC(C)(C)C)[C@H](CCO)C1. The first-order chi connectivity index (χ1) is 21.6. The number of pyridine rings is 1. The Labute approximate surface area is 269 Å². The molecule has 2 aromatic heterocycles. The Kier molecular flexibility index (Phi) is 8.37. The van der Waals surface area contributed by atoms with E-state index in [1.165, 1.54) is 11.8 Å². The van der Waals surface area contributed by atoms with Gasteiger partial charge in [-0.25, -0.2) is 14.2 Å². The number of ether oxygens (including phenoxy) is 1. The number of fused-ring (bicyclic) bond motifs is 4. The van der Waals surface area contributed by atoms with Crippen LogP contribution >= 0.6 is 23.4 Å². The molecule has 0 bridgehead atoms. The van der Waals surface area contributed by atoms with Crippen LogP contribution in [0, 0.1) is 17.1 Å². The lowest BCUT2D eigenvalue weighted by Crippen LogP contribution is -2.48. The zero-order chi connectivity index (χ0) is 32.0. The third kappa shape index (κ3) is 5.58. The van der Waals surface area contributed by atoms with Gasteiger partial charge in [-0.1, -0.05) is 41.9 Å². The summed E-state index contributed by atoms with van der Waals surface area (Å²) in [4.78, 5) is 19.5. The van der Waals surface area contributed by atoms with Crippen molar-refractivity contribution >= 4 is 62.0 Å². The maximum atomic E-state index is 16.8. The number of carbonyl (C=O) groups is 1. The first-order valence-electron chi connectivity index (χ1n) is 14.8. The van der Waals surface area contributed by atoms with Crippen molar-refractivity contribution in [3.05, 3.63) is 65.1 Å². The average molecular weight is 646 g/mol. The minimum Gasteiger partial charge on any atom is -0.444 e. The summed E-state index contributed by atoms with van der Waals surface area (Å²) in [6.07, 6.45) is 4.76. The predicted octanol–water partition coefficient (Wildman–Crippen LogP) is 8.11. The number of nitrogens with zero attached hydrogens (tertiary/aromatic N) is 5. The van der Waals surface area contributed by atoms with Crippen LogP contribution in [0.15, 0.2) is 53.7 Å². The van der Waals surface area contributed by atoms with Crippen molar-refractivity contribution < 1.29 is 19.0 Å². The number of hydrogen-bond donors (Lipinski definition) is 1. The minimum absolute atomic E-state index is 0.0781. The molecule has 5 aromatic rings. The normalized spacial score (nSPS) is 17.2. The number of rotatable bonds is 5. The number of halogens is 2. The number of benzene rings is 3. The number of amides is 1. The predicted molar refractivity (Wildman–Crippen MR) is 176 cm³/mol. The summed E-state index contributed by atoms with van der Waals surface area (Å²) in [7, 11) is 0. The Bertz CT molecular complexity index is 2000. The molecule has 8 nitrogen and oxygen atoms in total. The molecule has 45 heavy (non-hydrogen) atoms. The molecule has 6 rings (SSSR count). The lowest BCUT2D eigenvalue weighted by Gasteiger charge is -2.40. The second-order valence-electron chi connectivity index (χ2n) is 12.3. The van der Waals surface area contributed by atoms with Gasteiger partial charge in [-0.05, 0) is 69.4 Å². The Morgan fingerprint density at radius 1 is 1.24 bits per heavy atom. The molecule has 1 N–H and O–H groups in total. The number of carbonyl (C=O) groups excluding carboxylic acids is 1. The van der Waals surface area contributed by atoms with Gasteiger partial charge < -0.3 is 14.7 Å². The topological polar surface area (TPSA) is 104 Å². The summed E-state index contributed by atoms with van der Waals surface area (Å²) in [6.45, 7) is 5.83. The van der Waals surface area contributed by atoms with Crippen LogP contribution in [0.25, 0.3) is 43.7 Å². The minimum atomic E-state index is -0.638. The molecule has 1 amide bonds. The van der Waals surface area contributed by atoms with E-state index in [1.807, 2.05) is 49.9 Å². The maximum absolute atomic E-state index is 16.8. The van der Waals surface area contributed by atoms with Crippen molar-refractivity contribution in [3.63, 3.8) is 0 Å². The molecular weight excluding hydrogens is 613 g/mol. The lowest BCUT2D eigenvalue weighted by molar-refractivity contribution is 0.00177. The van der Waals surface area contributed by atoms with E-state index in [4.69, 9.17) is 26.4 Å². The number of piperidine rings is 1. The second kappa shape index (κ2) is 12.1. The van der Waals surface area contributed by atoms with Crippen molar-refractivity contribution in [1.82, 2.24) is 19.7 Å². The monoisotopic (exact) mass is 645 g/mol. The Morgan fingerprint density at radius 2 is 2.00 bits per heavy atom. The molecule has 2 atom stereocenters. The summed E-state index contributed by atoms with van der Waals surface area (Å²) < 4.78 is 24.3. The van der Waals surface area contributed by atoms with Crippen LogP contribution in [0.3, 0.4) is 0 Å². The number of likely N-dealkylation sites (tertiary alicyclic amines) is 1. The summed E-state index contributed by atoms with van der Waals surface area (Å²) >= 11 is 8.32. The fraction of sp³-hybridized carbons (Fsp3) is 0.353. The molecule has 11 heteroatoms. The van der Waals surface area contributed by atoms with Gasteiger partial charge in [0.2, 0.25) is 0 Å². The molecule has 3 heterocycles. The number of aliphatic hydroxyl groups excluding tert-OH is 1. The third-order valence-electron chi connectivity index (χ3n) is 8.30. The van der Waals surface area contributed by atoms with Gasteiger partial charge in [0.1, 0.15) is 16.1 Å². The van der Waals surface area contributed by atoms with Gasteiger partial charge in [0.25, 0.3) is 0 Å². The molecule has 0 saturated carbocycles. The fourth-order valence-corrected chi connectivity index (χ4v) is 7.25. The maximum Gasteiger partial charge on any atom is 0.410 e. The summed E-state index contributed by atoms with van der Waals surface area (Å²) in [5.41, 5.74) is 1.39. The van der Waals surface area contributed by atoms with E-state index >= 15 is 4.39 Å². The average Bonchev–Trinajstić information content (AvgIpc) is 3.45. The van der Waals surface area contributed by atoms with Crippen molar-refractivity contribution in [2.75, 3.05) is 19.4 Å². The van der Waals surface area contributed by atoms with E-state index in [9.17, 15) is 15.2 Å². The number of hydrogen-bond acceptors (Lipinski definition) is 7. The van der Waals surface area contributed by atoms with Crippen LogP contribution in [0.2, 0.25) is 5.02 Å². The number of aromatic nitrogens is 3. The van der Waals surface area contributed by atoms with Crippen LogP contribution in [0.4, 0.5) is 9.18 Å². The molecule has 232 valence electrons. The van der Waals surface area contributed by atoms with Gasteiger partial charge >= 0.3 is 6.09 Å². The quantitative estimate of drug-likeness (QED) is 0.193. The van der Waals surface area contributed by atoms with E-state index in [0.717, 1.165) is 10.8 Å². The zero-order valence-electron chi connectivity index (χ0n) is 25.5. The van der Waals surface area contributed by atoms with E-state index in [0.29, 0.717) is 58.2 Å². The van der Waals surface area contributed by atoms with Gasteiger partial charge in [-0.15, -0.1) is 11.8 Å². The van der Waals surface area contributed by atoms with E-state index in [1.54, 1.807) is 35.4 Å². The van der Waals surface area contributed by atoms with Crippen LogP contribution in [0.1, 0.15) is 51.6 Å². The molecule has 0 unspecified atom stereocenters. The Morgan fingerprint density at radius 3 is 2.69 bits per heavy atom. The smallest absolute Gasteiger partial charge is 0.410 e. The number of thioether (sulfide) groups is 1. The fourth-order valence-electron chi connectivity index (χ4n) is 6.40. The zero-order valence-corrected chi connectivity index (χ0v) is 27.0. The van der Waals surface area contributed by atoms with Crippen molar-refractivity contribution in [2.45, 2.75) is 62.7 Å². The largest absolute Gasteiger partial charge is 0.444 e. The van der Waals surface area contributed by atoms with Crippen LogP contribution in [-0.4, -0.2) is 61.9 Å². The van der Waals surface area contributed by atoms with Crippen molar-refractivity contribution in [1.29, 1.82) is 5.26 Å². The highest BCUT2D eigenvalue weighted by Crippen LogP contribution is 2.43. The highest BCUT2D eigenvalue weighted by Gasteiger charge is 2.36. The van der Waals surface area contributed by atoms with Crippen LogP contribution in [-0.2, 0) is 4.74 Å². The molecule has 0 aliphatic carbocycles. The van der Waals surface area contributed by atoms with Gasteiger partial charge in [0, 0.05) is 35.5 Å². The standard InChI is InChI=1S/C34H33ClFN5O3S/c1-34(2,3)44-33(43)40-13-11-22(15-21(40)12-14-42)41-31-24-16-26(35)28(29(36)30(24)39-32(45-4)25(31)18-38-41)23-10-6-8-19-7-5-9-20(17-37)27(19)23/h5-10,16,18,21-22,42H,11-15H2,1-4H3/t21-,22+/m1/s1. The van der Waals surface area contributed by atoms with Crippen molar-refractivity contribution in [2.24, 2.45) is 0 Å². The Hall–Kier alpha value is -3.91. The highest BCUT2D eigenvalue weighted by molar-refractivity contribution is 7.98. The summed E-state index contributed by atoms with van der Waals surface area (Å²) in [5.74, 6) is -0.569. The van der Waals surface area contributed by atoms with E-state index in [2.05, 4.69) is 6.07 Å². The molecule has 3 aromatic carbocycles. The van der Waals surface area contributed by atoms with Crippen LogP contribution in [0.5, 0.6) is 0 Å². The third-order valence-corrected chi connectivity index (χ3v) is 9.29. The highest BCUT2D eigenvalue weighted by atomic mass is 35.5. The van der Waals surface area contributed by atoms with Gasteiger partial charge in [-0.3, -0.25) is 4.68 Å². The summed E-state index contributed by atoms with van der Waals surface area (Å²) in [6, 6.07) is 14.5. The number of aliphatic hydroxyl groups is 1. The van der Waals surface area contributed by atoms with Gasteiger partial charge in [0.05, 0.1) is 39.8 Å².